The number of nitrogens with two attached hydrogens (primary N) is 1. The van der Waals surface area contributed by atoms with Crippen LogP contribution in [0.1, 0.15) is 23.9 Å². The average molecular weight is 210 g/mol. The molecular formula is C10H18N4O. The van der Waals surface area contributed by atoms with Crippen LogP contribution in [0.3, 0.4) is 0 Å². The molecule has 1 aromatic heterocycles. The minimum Gasteiger partial charge on any atom is -0.352 e. The topological polar surface area (TPSA) is 83.8 Å². The third kappa shape index (κ3) is 3.06. The fraction of sp³-hybridized carbons (Fsp3) is 0.600. The molecule has 1 amide bonds. The van der Waals surface area contributed by atoms with E-state index in [1.807, 2.05) is 20.8 Å². The number of hydrogen-bond donors (Lipinski definition) is 3. The van der Waals surface area contributed by atoms with Crippen molar-refractivity contribution in [3.8, 4) is 0 Å². The second kappa shape index (κ2) is 4.93. The Morgan fingerprint density at radius 3 is 2.73 bits per heavy atom. The molecule has 0 aliphatic heterocycles. The van der Waals surface area contributed by atoms with E-state index in [0.29, 0.717) is 13.0 Å². The highest BCUT2D eigenvalue weighted by atomic mass is 16.1. The fourth-order valence-electron chi connectivity index (χ4n) is 1.38. The van der Waals surface area contributed by atoms with Crippen molar-refractivity contribution in [1.82, 2.24) is 15.5 Å². The zero-order valence-corrected chi connectivity index (χ0v) is 9.42. The molecule has 1 unspecified atom stereocenters. The van der Waals surface area contributed by atoms with Crippen LogP contribution >= 0.6 is 0 Å². The van der Waals surface area contributed by atoms with Gasteiger partial charge in [0.2, 0.25) is 5.91 Å². The summed E-state index contributed by atoms with van der Waals surface area (Å²) in [7, 11) is 0. The predicted octanol–water partition coefficient (Wildman–Crippen LogP) is 0.0324. The first-order valence-corrected chi connectivity index (χ1v) is 5.04. The van der Waals surface area contributed by atoms with E-state index in [1.165, 1.54) is 0 Å². The Morgan fingerprint density at radius 2 is 2.27 bits per heavy atom. The molecule has 0 aliphatic carbocycles. The lowest BCUT2D eigenvalue weighted by Crippen LogP contribution is -2.38. The molecule has 1 heterocycles. The Balaban J connectivity index is 2.59. The first kappa shape index (κ1) is 11.7. The molecule has 1 rings (SSSR count). The van der Waals surface area contributed by atoms with Crippen molar-refractivity contribution in [3.63, 3.8) is 0 Å². The number of H-pyrrole nitrogens is 1. The maximum atomic E-state index is 11.6. The number of rotatable bonds is 4. The summed E-state index contributed by atoms with van der Waals surface area (Å²) in [5, 5.41) is 9.71. The van der Waals surface area contributed by atoms with Crippen LogP contribution in [0.15, 0.2) is 0 Å². The molecule has 0 saturated heterocycles. The van der Waals surface area contributed by atoms with Crippen molar-refractivity contribution in [2.45, 2.75) is 33.2 Å². The summed E-state index contributed by atoms with van der Waals surface area (Å²) >= 11 is 0. The molecule has 5 nitrogen and oxygen atoms in total. The van der Waals surface area contributed by atoms with Crippen molar-refractivity contribution in [3.05, 3.63) is 17.0 Å². The first-order chi connectivity index (χ1) is 7.04. The predicted molar refractivity (Wildman–Crippen MR) is 58.4 cm³/mol. The molecule has 84 valence electrons. The Labute approximate surface area is 89.4 Å². The molecule has 0 aromatic carbocycles. The summed E-state index contributed by atoms with van der Waals surface area (Å²) in [4.78, 5) is 11.6. The van der Waals surface area contributed by atoms with Crippen LogP contribution in [0.2, 0.25) is 0 Å². The number of aryl methyl sites for hydroxylation is 2. The normalized spacial score (nSPS) is 12.5. The van der Waals surface area contributed by atoms with E-state index < -0.39 is 0 Å². The fourth-order valence-corrected chi connectivity index (χ4v) is 1.38. The van der Waals surface area contributed by atoms with Crippen LogP contribution in [0.5, 0.6) is 0 Å². The standard InChI is InChI=1S/C10H18N4O/c1-6(5-11)12-10(15)4-9-7(2)13-14-8(9)3/h6H,4-5,11H2,1-3H3,(H,12,15)(H,13,14). The Morgan fingerprint density at radius 1 is 1.60 bits per heavy atom. The van der Waals surface area contributed by atoms with Gasteiger partial charge in [-0.15, -0.1) is 0 Å². The molecule has 1 atom stereocenters. The van der Waals surface area contributed by atoms with Gasteiger partial charge in [-0.3, -0.25) is 9.89 Å². The maximum absolute atomic E-state index is 11.6. The van der Waals surface area contributed by atoms with E-state index >= 15 is 0 Å². The van der Waals surface area contributed by atoms with Gasteiger partial charge < -0.3 is 11.1 Å². The number of nitrogens with zero attached hydrogens (tertiary/aromatic N) is 1. The zero-order valence-electron chi connectivity index (χ0n) is 9.42. The monoisotopic (exact) mass is 210 g/mol. The summed E-state index contributed by atoms with van der Waals surface area (Å²) in [5.74, 6) is -0.0134. The molecule has 1 aromatic rings. The van der Waals surface area contributed by atoms with Crippen molar-refractivity contribution >= 4 is 5.91 Å². The van der Waals surface area contributed by atoms with Gasteiger partial charge in [0.05, 0.1) is 12.1 Å². The molecule has 0 bridgehead atoms. The van der Waals surface area contributed by atoms with Crippen molar-refractivity contribution in [2.75, 3.05) is 6.54 Å². The van der Waals surface area contributed by atoms with Gasteiger partial charge >= 0.3 is 0 Å². The highest BCUT2D eigenvalue weighted by Crippen LogP contribution is 2.09. The van der Waals surface area contributed by atoms with Gasteiger partial charge in [0.15, 0.2) is 0 Å². The van der Waals surface area contributed by atoms with E-state index in [-0.39, 0.29) is 11.9 Å². The minimum absolute atomic E-state index is 0.0134. The van der Waals surface area contributed by atoms with Gasteiger partial charge in [0.1, 0.15) is 0 Å². The smallest absolute Gasteiger partial charge is 0.224 e. The number of amides is 1. The molecular weight excluding hydrogens is 192 g/mol. The maximum Gasteiger partial charge on any atom is 0.224 e. The van der Waals surface area contributed by atoms with Crippen LogP contribution in [0.4, 0.5) is 0 Å². The van der Waals surface area contributed by atoms with Crippen molar-refractivity contribution < 1.29 is 4.79 Å². The third-order valence-electron chi connectivity index (χ3n) is 2.38. The van der Waals surface area contributed by atoms with Gasteiger partial charge in [-0.2, -0.15) is 5.10 Å². The van der Waals surface area contributed by atoms with E-state index in [2.05, 4.69) is 15.5 Å². The lowest BCUT2D eigenvalue weighted by atomic mass is 10.1. The Bertz CT molecular complexity index is 326. The van der Waals surface area contributed by atoms with Crippen molar-refractivity contribution in [1.29, 1.82) is 0 Å². The summed E-state index contributed by atoms with van der Waals surface area (Å²) in [6.45, 7) is 6.13. The second-order valence-electron chi connectivity index (χ2n) is 3.79. The number of aromatic amines is 1. The summed E-state index contributed by atoms with van der Waals surface area (Å²) in [6, 6.07) is 0.0185. The van der Waals surface area contributed by atoms with E-state index in [0.717, 1.165) is 17.0 Å². The SMILES string of the molecule is Cc1n[nH]c(C)c1CC(=O)NC(C)CN. The second-order valence-corrected chi connectivity index (χ2v) is 3.79. The Hall–Kier alpha value is -1.36. The number of hydrogen-bond acceptors (Lipinski definition) is 3. The molecule has 0 radical (unpaired) electrons. The van der Waals surface area contributed by atoms with Gasteiger partial charge in [-0.1, -0.05) is 0 Å². The van der Waals surface area contributed by atoms with Crippen LogP contribution in [0, 0.1) is 13.8 Å². The van der Waals surface area contributed by atoms with E-state index in [9.17, 15) is 4.79 Å². The summed E-state index contributed by atoms with van der Waals surface area (Å²) < 4.78 is 0. The largest absolute Gasteiger partial charge is 0.352 e. The Kier molecular flexibility index (Phi) is 3.85. The number of carbonyl (C=O) groups excluding carboxylic acids is 1. The van der Waals surface area contributed by atoms with Crippen molar-refractivity contribution in [2.24, 2.45) is 5.73 Å². The van der Waals surface area contributed by atoms with Crippen LogP contribution < -0.4 is 11.1 Å². The van der Waals surface area contributed by atoms with Gasteiger partial charge in [-0.25, -0.2) is 0 Å². The number of nitrogens with one attached hydrogen (secondary N) is 2. The summed E-state index contributed by atoms with van der Waals surface area (Å²) in [5.41, 5.74) is 8.21. The minimum atomic E-state index is -0.0134. The number of carbonyl (C=O) groups is 1. The van der Waals surface area contributed by atoms with Crippen LogP contribution in [-0.4, -0.2) is 28.7 Å². The lowest BCUT2D eigenvalue weighted by Gasteiger charge is -2.11. The highest BCUT2D eigenvalue weighted by Gasteiger charge is 2.12. The average Bonchev–Trinajstić information content (AvgIpc) is 2.49. The quantitative estimate of drug-likeness (QED) is 0.655. The third-order valence-corrected chi connectivity index (χ3v) is 2.38. The molecule has 0 fully saturated rings. The van der Waals surface area contributed by atoms with E-state index in [4.69, 9.17) is 5.73 Å². The first-order valence-electron chi connectivity index (χ1n) is 5.04. The van der Waals surface area contributed by atoms with Gasteiger partial charge in [-0.05, 0) is 20.8 Å². The van der Waals surface area contributed by atoms with E-state index in [1.54, 1.807) is 0 Å². The number of aromatic nitrogens is 2. The van der Waals surface area contributed by atoms with Gasteiger partial charge in [0.25, 0.3) is 0 Å². The molecule has 5 heteroatoms. The molecule has 0 saturated carbocycles. The van der Waals surface area contributed by atoms with Crippen LogP contribution in [0.25, 0.3) is 0 Å². The highest BCUT2D eigenvalue weighted by molar-refractivity contribution is 5.79. The molecule has 15 heavy (non-hydrogen) atoms. The molecule has 0 aliphatic rings. The van der Waals surface area contributed by atoms with Crippen LogP contribution in [-0.2, 0) is 11.2 Å². The lowest BCUT2D eigenvalue weighted by molar-refractivity contribution is -0.121. The zero-order chi connectivity index (χ0) is 11.4. The molecule has 0 spiro atoms. The van der Waals surface area contributed by atoms with Gasteiger partial charge in [0, 0.05) is 23.8 Å². The summed E-state index contributed by atoms with van der Waals surface area (Å²) in [6.07, 6.45) is 0.360. The molecule has 4 N–H and O–H groups in total.